The van der Waals surface area contributed by atoms with Crippen molar-refractivity contribution >= 4 is 23.2 Å². The zero-order chi connectivity index (χ0) is 19.6. The monoisotopic (exact) mass is 393 g/mol. The van der Waals surface area contributed by atoms with Gasteiger partial charge < -0.3 is 10.3 Å². The first-order chi connectivity index (χ1) is 12.8. The van der Waals surface area contributed by atoms with E-state index in [0.29, 0.717) is 11.6 Å². The van der Waals surface area contributed by atoms with Crippen LogP contribution in [0.3, 0.4) is 0 Å². The van der Waals surface area contributed by atoms with Gasteiger partial charge in [-0.15, -0.1) is 0 Å². The molecule has 0 fully saturated rings. The van der Waals surface area contributed by atoms with Gasteiger partial charge in [-0.05, 0) is 18.2 Å². The normalized spacial score (nSPS) is 11.3. The van der Waals surface area contributed by atoms with Crippen LogP contribution < -0.4 is 10.9 Å². The van der Waals surface area contributed by atoms with Crippen molar-refractivity contribution in [1.29, 1.82) is 0 Å². The Hall–Kier alpha value is -3.13. The number of aromatic amines is 1. The molecule has 3 rings (SSSR count). The molecule has 5 nitrogen and oxygen atoms in total. The summed E-state index contributed by atoms with van der Waals surface area (Å²) in [4.78, 5) is 30.9. The van der Waals surface area contributed by atoms with Crippen molar-refractivity contribution < 1.29 is 18.0 Å². The number of anilines is 1. The third-order valence-corrected chi connectivity index (χ3v) is 3.86. The van der Waals surface area contributed by atoms with E-state index >= 15 is 0 Å². The van der Waals surface area contributed by atoms with E-state index in [9.17, 15) is 22.8 Å². The first-order valence-electron chi connectivity index (χ1n) is 7.58. The van der Waals surface area contributed by atoms with Crippen LogP contribution in [0.4, 0.5) is 18.9 Å². The number of hydrogen-bond donors (Lipinski definition) is 2. The second-order valence-corrected chi connectivity index (χ2v) is 5.92. The van der Waals surface area contributed by atoms with Crippen molar-refractivity contribution in [2.24, 2.45) is 0 Å². The van der Waals surface area contributed by atoms with Crippen LogP contribution in [0.2, 0.25) is 5.02 Å². The van der Waals surface area contributed by atoms with Crippen LogP contribution in [0.25, 0.3) is 11.4 Å². The van der Waals surface area contributed by atoms with E-state index < -0.39 is 34.5 Å². The minimum atomic E-state index is -4.73. The summed E-state index contributed by atoms with van der Waals surface area (Å²) in [6, 6.07) is 11.6. The van der Waals surface area contributed by atoms with Crippen LogP contribution in [0, 0.1) is 0 Å². The SMILES string of the molecule is O=C(Nc1ccc(Cl)cc1C(F)(F)F)c1cnc(-c2ccccc2)[nH]c1=O. The van der Waals surface area contributed by atoms with Gasteiger partial charge in [-0.2, -0.15) is 13.2 Å². The molecule has 2 N–H and O–H groups in total. The summed E-state index contributed by atoms with van der Waals surface area (Å²) in [5, 5.41) is 1.95. The van der Waals surface area contributed by atoms with Crippen molar-refractivity contribution in [2.75, 3.05) is 5.32 Å². The van der Waals surface area contributed by atoms with Gasteiger partial charge in [0.25, 0.3) is 11.5 Å². The summed E-state index contributed by atoms with van der Waals surface area (Å²) in [5.74, 6) is -0.782. The van der Waals surface area contributed by atoms with Crippen molar-refractivity contribution in [3.8, 4) is 11.4 Å². The highest BCUT2D eigenvalue weighted by Gasteiger charge is 2.34. The van der Waals surface area contributed by atoms with Gasteiger partial charge in [0.2, 0.25) is 0 Å². The maximum Gasteiger partial charge on any atom is 0.418 e. The third-order valence-electron chi connectivity index (χ3n) is 3.63. The lowest BCUT2D eigenvalue weighted by Crippen LogP contribution is -2.25. The smallest absolute Gasteiger partial charge is 0.321 e. The Labute approximate surface area is 155 Å². The van der Waals surface area contributed by atoms with Crippen molar-refractivity contribution in [1.82, 2.24) is 9.97 Å². The fraction of sp³-hybridized carbons (Fsp3) is 0.0556. The quantitative estimate of drug-likeness (QED) is 0.694. The molecule has 0 aliphatic rings. The fourth-order valence-electron chi connectivity index (χ4n) is 2.35. The minimum absolute atomic E-state index is 0.132. The number of rotatable bonds is 3. The molecule has 3 aromatic rings. The number of carbonyl (C=O) groups is 1. The van der Waals surface area contributed by atoms with Crippen LogP contribution in [0.1, 0.15) is 15.9 Å². The average molecular weight is 394 g/mol. The summed E-state index contributed by atoms with van der Waals surface area (Å²) >= 11 is 5.60. The van der Waals surface area contributed by atoms with Gasteiger partial charge in [0.15, 0.2) is 0 Å². The molecule has 0 radical (unpaired) electrons. The molecule has 0 unspecified atom stereocenters. The number of nitrogens with zero attached hydrogens (tertiary/aromatic N) is 1. The summed E-state index contributed by atoms with van der Waals surface area (Å²) in [6.45, 7) is 0. The summed E-state index contributed by atoms with van der Waals surface area (Å²) in [6.07, 6.45) is -3.71. The third kappa shape index (κ3) is 4.17. The number of H-pyrrole nitrogens is 1. The zero-order valence-corrected chi connectivity index (χ0v) is 14.2. The predicted octanol–water partition coefficient (Wildman–Crippen LogP) is 4.36. The minimum Gasteiger partial charge on any atom is -0.321 e. The number of aromatic nitrogens is 2. The van der Waals surface area contributed by atoms with Crippen LogP contribution in [-0.4, -0.2) is 15.9 Å². The van der Waals surface area contributed by atoms with Gasteiger partial charge in [0.1, 0.15) is 11.4 Å². The lowest BCUT2D eigenvalue weighted by atomic mass is 10.1. The lowest BCUT2D eigenvalue weighted by molar-refractivity contribution is -0.136. The first-order valence-corrected chi connectivity index (χ1v) is 7.96. The summed E-state index contributed by atoms with van der Waals surface area (Å²) in [5.41, 5.74) is -2.20. The van der Waals surface area contributed by atoms with E-state index in [1.165, 1.54) is 6.07 Å². The van der Waals surface area contributed by atoms with Crippen LogP contribution >= 0.6 is 11.6 Å². The highest BCUT2D eigenvalue weighted by atomic mass is 35.5. The van der Waals surface area contributed by atoms with Gasteiger partial charge in [0.05, 0.1) is 11.3 Å². The molecule has 0 aliphatic heterocycles. The Kier molecular flexibility index (Phi) is 5.00. The van der Waals surface area contributed by atoms with Crippen LogP contribution in [-0.2, 0) is 6.18 Å². The summed E-state index contributed by atoms with van der Waals surface area (Å²) in [7, 11) is 0. The number of amides is 1. The molecule has 138 valence electrons. The van der Waals surface area contributed by atoms with E-state index in [-0.39, 0.29) is 10.8 Å². The molecule has 1 aromatic heterocycles. The molecule has 0 spiro atoms. The van der Waals surface area contributed by atoms with E-state index in [1.807, 2.05) is 0 Å². The first kappa shape index (κ1) is 18.7. The topological polar surface area (TPSA) is 74.8 Å². The Balaban J connectivity index is 1.91. The molecule has 0 aliphatic carbocycles. The number of benzene rings is 2. The second kappa shape index (κ2) is 7.24. The van der Waals surface area contributed by atoms with Gasteiger partial charge in [-0.25, -0.2) is 4.98 Å². The summed E-state index contributed by atoms with van der Waals surface area (Å²) < 4.78 is 39.3. The van der Waals surface area contributed by atoms with Gasteiger partial charge >= 0.3 is 6.18 Å². The lowest BCUT2D eigenvalue weighted by Gasteiger charge is -2.14. The largest absolute Gasteiger partial charge is 0.418 e. The molecule has 9 heteroatoms. The Bertz CT molecular complexity index is 1050. The highest BCUT2D eigenvalue weighted by Crippen LogP contribution is 2.36. The molecule has 0 saturated heterocycles. The number of alkyl halides is 3. The van der Waals surface area contributed by atoms with Gasteiger partial charge in [-0.1, -0.05) is 41.9 Å². The maximum absolute atomic E-state index is 13.1. The van der Waals surface area contributed by atoms with Crippen molar-refractivity contribution in [3.05, 3.63) is 81.2 Å². The molecular weight excluding hydrogens is 383 g/mol. The molecule has 0 saturated carbocycles. The van der Waals surface area contributed by atoms with Crippen LogP contribution in [0.5, 0.6) is 0 Å². The fourth-order valence-corrected chi connectivity index (χ4v) is 2.52. The van der Waals surface area contributed by atoms with Crippen LogP contribution in [0.15, 0.2) is 59.5 Å². The number of carbonyl (C=O) groups excluding carboxylic acids is 1. The van der Waals surface area contributed by atoms with E-state index in [0.717, 1.165) is 12.3 Å². The zero-order valence-electron chi connectivity index (χ0n) is 13.5. The van der Waals surface area contributed by atoms with E-state index in [2.05, 4.69) is 15.3 Å². The second-order valence-electron chi connectivity index (χ2n) is 5.48. The molecular formula is C18H11ClF3N3O2. The predicted molar refractivity (Wildman–Crippen MR) is 94.7 cm³/mol. The molecule has 0 bridgehead atoms. The molecule has 2 aromatic carbocycles. The highest BCUT2D eigenvalue weighted by molar-refractivity contribution is 6.30. The Morgan fingerprint density at radius 2 is 1.81 bits per heavy atom. The Morgan fingerprint density at radius 3 is 2.44 bits per heavy atom. The van der Waals surface area contributed by atoms with Gasteiger partial charge in [-0.3, -0.25) is 9.59 Å². The van der Waals surface area contributed by atoms with Gasteiger partial charge in [0, 0.05) is 16.8 Å². The standard InChI is InChI=1S/C18H11ClF3N3O2/c19-11-6-7-14(13(8-11)18(20,21)22)24-16(26)12-9-23-15(25-17(12)27)10-4-2-1-3-5-10/h1-9H,(H,24,26)(H,23,25,27). The molecule has 1 heterocycles. The number of halogens is 4. The molecule has 1 amide bonds. The number of hydrogen-bond acceptors (Lipinski definition) is 3. The molecule has 27 heavy (non-hydrogen) atoms. The van der Waals surface area contributed by atoms with E-state index in [4.69, 9.17) is 11.6 Å². The van der Waals surface area contributed by atoms with Crippen molar-refractivity contribution in [3.63, 3.8) is 0 Å². The van der Waals surface area contributed by atoms with E-state index in [1.54, 1.807) is 30.3 Å². The number of nitrogens with one attached hydrogen (secondary N) is 2. The average Bonchev–Trinajstić information content (AvgIpc) is 2.63. The van der Waals surface area contributed by atoms with Crippen molar-refractivity contribution in [2.45, 2.75) is 6.18 Å². The molecule has 0 atom stereocenters. The Morgan fingerprint density at radius 1 is 1.11 bits per heavy atom. The maximum atomic E-state index is 13.1.